The average Bonchev–Trinajstić information content (AvgIpc) is 2.79. The molecule has 4 aromatic rings. The van der Waals surface area contributed by atoms with Crippen molar-refractivity contribution in [2.45, 2.75) is 13.5 Å². The van der Waals surface area contributed by atoms with Gasteiger partial charge in [0, 0.05) is 5.56 Å². The van der Waals surface area contributed by atoms with E-state index in [1.165, 1.54) is 0 Å². The van der Waals surface area contributed by atoms with Gasteiger partial charge in [-0.25, -0.2) is 0 Å². The first-order chi connectivity index (χ1) is 15.0. The average molecular weight is 481 g/mol. The molecule has 1 heterocycles. The molecule has 0 aliphatic rings. The van der Waals surface area contributed by atoms with Crippen molar-refractivity contribution >= 4 is 26.9 Å². The summed E-state index contributed by atoms with van der Waals surface area (Å²) in [5.41, 5.74) is 3.00. The van der Waals surface area contributed by atoms with E-state index in [1.54, 1.807) is 38.5 Å². The van der Waals surface area contributed by atoms with Gasteiger partial charge in [-0.15, -0.1) is 0 Å². The molecule has 31 heavy (non-hydrogen) atoms. The number of para-hydroxylation sites is 1. The molecule has 5 nitrogen and oxygen atoms in total. The third-order valence-electron chi connectivity index (χ3n) is 4.96. The molecule has 6 heteroatoms. The Balaban J connectivity index is 1.87. The highest BCUT2D eigenvalue weighted by atomic mass is 79.9. The second-order valence-corrected chi connectivity index (χ2v) is 7.91. The van der Waals surface area contributed by atoms with Crippen molar-refractivity contribution in [3.63, 3.8) is 0 Å². The van der Waals surface area contributed by atoms with Crippen LogP contribution >= 0.6 is 15.9 Å². The standard InChI is InChI=1S/C25H21BrO5/c1-15-8-10-16(11-9-15)14-30-25-22(27)18-6-4-5-7-20(18)31-23(25)17-12-19(26)24(29-3)21(13-17)28-2/h4-13H,14H2,1-3H3. The van der Waals surface area contributed by atoms with Crippen molar-refractivity contribution in [1.29, 1.82) is 0 Å². The molecule has 0 saturated carbocycles. The highest BCUT2D eigenvalue weighted by Gasteiger charge is 2.21. The zero-order chi connectivity index (χ0) is 22.0. The largest absolute Gasteiger partial charge is 0.493 e. The number of ether oxygens (including phenoxy) is 3. The van der Waals surface area contributed by atoms with Gasteiger partial charge in [-0.2, -0.15) is 0 Å². The summed E-state index contributed by atoms with van der Waals surface area (Å²) < 4.78 is 23.7. The number of aryl methyl sites for hydroxylation is 1. The number of methoxy groups -OCH3 is 2. The van der Waals surface area contributed by atoms with Crippen molar-refractivity contribution in [3.05, 3.63) is 86.5 Å². The first-order valence-corrected chi connectivity index (χ1v) is 10.5. The summed E-state index contributed by atoms with van der Waals surface area (Å²) in [7, 11) is 3.12. The minimum Gasteiger partial charge on any atom is -0.493 e. The van der Waals surface area contributed by atoms with Gasteiger partial charge in [0.2, 0.25) is 11.2 Å². The monoisotopic (exact) mass is 480 g/mol. The first kappa shape index (κ1) is 21.0. The Morgan fingerprint density at radius 3 is 2.39 bits per heavy atom. The Morgan fingerprint density at radius 1 is 0.935 bits per heavy atom. The maximum Gasteiger partial charge on any atom is 0.235 e. The van der Waals surface area contributed by atoms with Gasteiger partial charge in [0.1, 0.15) is 12.2 Å². The Labute approximate surface area is 188 Å². The molecule has 3 aromatic carbocycles. The van der Waals surface area contributed by atoms with E-state index in [4.69, 9.17) is 18.6 Å². The molecule has 1 aromatic heterocycles. The fraction of sp³-hybridized carbons (Fsp3) is 0.160. The predicted octanol–water partition coefficient (Wildman–Crippen LogP) is 6.13. The summed E-state index contributed by atoms with van der Waals surface area (Å²) in [5.74, 6) is 1.54. The summed E-state index contributed by atoms with van der Waals surface area (Å²) in [6, 6.07) is 18.7. The molecular formula is C25H21BrO5. The molecule has 0 spiro atoms. The lowest BCUT2D eigenvalue weighted by atomic mass is 10.1. The van der Waals surface area contributed by atoms with Gasteiger partial charge >= 0.3 is 0 Å². The molecular weight excluding hydrogens is 460 g/mol. The zero-order valence-corrected chi connectivity index (χ0v) is 19.0. The molecule has 0 unspecified atom stereocenters. The van der Waals surface area contributed by atoms with Crippen molar-refractivity contribution in [2.75, 3.05) is 14.2 Å². The fourth-order valence-electron chi connectivity index (χ4n) is 3.33. The molecule has 158 valence electrons. The molecule has 0 bridgehead atoms. The Morgan fingerprint density at radius 2 is 1.68 bits per heavy atom. The second-order valence-electron chi connectivity index (χ2n) is 7.05. The molecule has 0 radical (unpaired) electrons. The van der Waals surface area contributed by atoms with Gasteiger partial charge in [0.05, 0.1) is 24.1 Å². The SMILES string of the molecule is COc1cc(-c2oc3ccccc3c(=O)c2OCc2ccc(C)cc2)cc(Br)c1OC. The molecule has 0 amide bonds. The topological polar surface area (TPSA) is 57.9 Å². The van der Waals surface area contributed by atoms with Crippen molar-refractivity contribution in [1.82, 2.24) is 0 Å². The van der Waals surface area contributed by atoms with Crippen LogP contribution < -0.4 is 19.6 Å². The van der Waals surface area contributed by atoms with E-state index in [-0.39, 0.29) is 17.8 Å². The number of hydrogen-bond donors (Lipinski definition) is 0. The maximum absolute atomic E-state index is 13.3. The van der Waals surface area contributed by atoms with Crippen LogP contribution in [0.25, 0.3) is 22.3 Å². The van der Waals surface area contributed by atoms with Crippen molar-refractivity contribution in [2.24, 2.45) is 0 Å². The number of fused-ring (bicyclic) bond motifs is 1. The van der Waals surface area contributed by atoms with Crippen LogP contribution in [0.5, 0.6) is 17.2 Å². The first-order valence-electron chi connectivity index (χ1n) is 9.68. The zero-order valence-electron chi connectivity index (χ0n) is 17.4. The lowest BCUT2D eigenvalue weighted by Crippen LogP contribution is -2.10. The van der Waals surface area contributed by atoms with Gasteiger partial charge in [-0.3, -0.25) is 4.79 Å². The molecule has 0 saturated heterocycles. The van der Waals surface area contributed by atoms with Gasteiger partial charge in [0.15, 0.2) is 17.3 Å². The minimum absolute atomic E-state index is 0.151. The van der Waals surface area contributed by atoms with E-state index in [9.17, 15) is 4.79 Å². The van der Waals surface area contributed by atoms with Crippen LogP contribution in [0, 0.1) is 6.92 Å². The number of hydrogen-bond acceptors (Lipinski definition) is 5. The second kappa shape index (κ2) is 8.86. The fourth-order valence-corrected chi connectivity index (χ4v) is 3.94. The molecule has 0 fully saturated rings. The molecule has 0 N–H and O–H groups in total. The van der Waals surface area contributed by atoms with E-state index < -0.39 is 0 Å². The highest BCUT2D eigenvalue weighted by molar-refractivity contribution is 9.10. The van der Waals surface area contributed by atoms with E-state index in [1.807, 2.05) is 43.3 Å². The smallest absolute Gasteiger partial charge is 0.235 e. The number of benzene rings is 3. The van der Waals surface area contributed by atoms with E-state index >= 15 is 0 Å². The predicted molar refractivity (Wildman–Crippen MR) is 124 cm³/mol. The summed E-state index contributed by atoms with van der Waals surface area (Å²) in [6.07, 6.45) is 0. The Kier molecular flexibility index (Phi) is 6.00. The summed E-state index contributed by atoms with van der Waals surface area (Å²) in [6.45, 7) is 2.26. The molecule has 0 aliphatic carbocycles. The van der Waals surface area contributed by atoms with Crippen LogP contribution in [0.15, 0.2) is 74.3 Å². The summed E-state index contributed by atoms with van der Waals surface area (Å²) in [5, 5.41) is 0.463. The number of halogens is 1. The van der Waals surface area contributed by atoms with Crippen LogP contribution in [-0.4, -0.2) is 14.2 Å². The van der Waals surface area contributed by atoms with Gasteiger partial charge in [-0.05, 0) is 52.7 Å². The van der Waals surface area contributed by atoms with E-state index in [0.29, 0.717) is 38.3 Å². The lowest BCUT2D eigenvalue weighted by Gasteiger charge is -2.15. The minimum atomic E-state index is -0.227. The van der Waals surface area contributed by atoms with Gasteiger partial charge < -0.3 is 18.6 Å². The van der Waals surface area contributed by atoms with Crippen LogP contribution in [0.2, 0.25) is 0 Å². The maximum atomic E-state index is 13.3. The third kappa shape index (κ3) is 4.16. The van der Waals surface area contributed by atoms with Gasteiger partial charge in [0.25, 0.3) is 0 Å². The summed E-state index contributed by atoms with van der Waals surface area (Å²) >= 11 is 3.51. The lowest BCUT2D eigenvalue weighted by molar-refractivity contribution is 0.297. The molecule has 0 aliphatic heterocycles. The van der Waals surface area contributed by atoms with Gasteiger partial charge in [-0.1, -0.05) is 42.0 Å². The quantitative estimate of drug-likeness (QED) is 0.332. The highest BCUT2D eigenvalue weighted by Crippen LogP contribution is 2.41. The molecule has 0 atom stereocenters. The Hall–Kier alpha value is -3.25. The normalized spacial score (nSPS) is 10.8. The van der Waals surface area contributed by atoms with Crippen LogP contribution in [-0.2, 0) is 6.61 Å². The van der Waals surface area contributed by atoms with E-state index in [0.717, 1.165) is 11.1 Å². The third-order valence-corrected chi connectivity index (χ3v) is 5.54. The van der Waals surface area contributed by atoms with E-state index in [2.05, 4.69) is 15.9 Å². The Bertz CT molecular complexity index is 1290. The van der Waals surface area contributed by atoms with Crippen LogP contribution in [0.3, 0.4) is 0 Å². The summed E-state index contributed by atoms with van der Waals surface area (Å²) in [4.78, 5) is 13.3. The van der Waals surface area contributed by atoms with Crippen molar-refractivity contribution in [3.8, 4) is 28.6 Å². The van der Waals surface area contributed by atoms with Crippen molar-refractivity contribution < 1.29 is 18.6 Å². The van der Waals surface area contributed by atoms with Crippen LogP contribution in [0.4, 0.5) is 0 Å². The molecule has 4 rings (SSSR count). The van der Waals surface area contributed by atoms with Crippen LogP contribution in [0.1, 0.15) is 11.1 Å². The number of rotatable bonds is 6.